The molecule has 1 heterocycles. The van der Waals surface area contributed by atoms with Crippen LogP contribution in [0, 0.1) is 22.2 Å². The first-order valence-electron chi connectivity index (χ1n) is 12.9. The van der Waals surface area contributed by atoms with Gasteiger partial charge in [-0.1, -0.05) is 42.8 Å². The van der Waals surface area contributed by atoms with Crippen LogP contribution in [0.3, 0.4) is 0 Å². The molecule has 0 amide bonds. The number of nitriles is 1. The molecule has 0 spiro atoms. The number of rotatable bonds is 10. The summed E-state index contributed by atoms with van der Waals surface area (Å²) in [4.78, 5) is 14.2. The predicted octanol–water partition coefficient (Wildman–Crippen LogP) is 4.42. The monoisotopic (exact) mass is 473 g/mol. The summed E-state index contributed by atoms with van der Waals surface area (Å²) in [7, 11) is 0. The first kappa shape index (κ1) is 23.8. The third kappa shape index (κ3) is 5.37. The van der Waals surface area contributed by atoms with Gasteiger partial charge in [0.05, 0.1) is 23.7 Å². The van der Waals surface area contributed by atoms with Crippen molar-refractivity contribution < 1.29 is 14.6 Å². The fourth-order valence-electron chi connectivity index (χ4n) is 5.76. The molecule has 2 aliphatic carbocycles. The average Bonchev–Trinajstić information content (AvgIpc) is 3.65. The molecule has 1 aliphatic heterocycles. The highest BCUT2D eigenvalue weighted by Crippen LogP contribution is 2.44. The van der Waals surface area contributed by atoms with E-state index in [0.717, 1.165) is 57.5 Å². The normalized spacial score (nSPS) is 24.7. The highest BCUT2D eigenvalue weighted by molar-refractivity contribution is 5.76. The van der Waals surface area contributed by atoms with Crippen LogP contribution in [0.2, 0.25) is 0 Å². The van der Waals surface area contributed by atoms with Crippen molar-refractivity contribution >= 4 is 5.97 Å². The highest BCUT2D eigenvalue weighted by Gasteiger charge is 2.47. The number of hydrogen-bond donors (Lipinski definition) is 2. The first-order chi connectivity index (χ1) is 17.0. The molecule has 0 radical (unpaired) electrons. The number of likely N-dealkylation sites (tertiary alicyclic amines) is 1. The number of carboxylic acid groups (broad SMARTS) is 1. The molecule has 0 bridgehead atoms. The van der Waals surface area contributed by atoms with E-state index >= 15 is 0 Å². The number of nitrogens with one attached hydrogen (secondary N) is 1. The third-order valence-corrected chi connectivity index (χ3v) is 8.47. The van der Waals surface area contributed by atoms with Crippen LogP contribution in [0.4, 0.5) is 0 Å². The highest BCUT2D eigenvalue weighted by atomic mass is 16.5. The number of hydrogen-bond acceptors (Lipinski definition) is 5. The van der Waals surface area contributed by atoms with Gasteiger partial charge in [-0.05, 0) is 69.0 Å². The Kier molecular flexibility index (Phi) is 6.82. The van der Waals surface area contributed by atoms with Gasteiger partial charge in [-0.25, -0.2) is 0 Å². The average molecular weight is 474 g/mol. The molecular formula is C29H35N3O3. The van der Waals surface area contributed by atoms with Crippen molar-refractivity contribution in [1.82, 2.24) is 10.2 Å². The van der Waals surface area contributed by atoms with E-state index in [4.69, 9.17) is 4.74 Å². The lowest BCUT2D eigenvalue weighted by Crippen LogP contribution is -2.53. The van der Waals surface area contributed by atoms with Gasteiger partial charge in [0.15, 0.2) is 0 Å². The van der Waals surface area contributed by atoms with Crippen LogP contribution in [0.5, 0.6) is 5.75 Å². The van der Waals surface area contributed by atoms with Gasteiger partial charge in [-0.15, -0.1) is 0 Å². The van der Waals surface area contributed by atoms with E-state index in [9.17, 15) is 15.2 Å². The number of ether oxygens (including phenoxy) is 1. The molecule has 2 aromatic carbocycles. The first-order valence-corrected chi connectivity index (χ1v) is 12.9. The van der Waals surface area contributed by atoms with E-state index in [1.54, 1.807) is 12.1 Å². The second kappa shape index (κ2) is 10.0. The van der Waals surface area contributed by atoms with Gasteiger partial charge >= 0.3 is 5.97 Å². The lowest BCUT2D eigenvalue weighted by atomic mass is 9.68. The Morgan fingerprint density at radius 2 is 1.89 bits per heavy atom. The molecule has 1 unspecified atom stereocenters. The van der Waals surface area contributed by atoms with Gasteiger partial charge in [0.25, 0.3) is 0 Å². The van der Waals surface area contributed by atoms with Crippen molar-refractivity contribution in [2.24, 2.45) is 10.8 Å². The molecule has 3 aliphatic rings. The smallest absolute Gasteiger partial charge is 0.310 e. The third-order valence-electron chi connectivity index (χ3n) is 8.47. The van der Waals surface area contributed by atoms with Crippen molar-refractivity contribution in [3.05, 3.63) is 65.7 Å². The van der Waals surface area contributed by atoms with E-state index in [2.05, 4.69) is 46.6 Å². The Hall–Kier alpha value is -2.88. The lowest BCUT2D eigenvalue weighted by molar-refractivity contribution is -0.156. The number of carbonyl (C=O) groups is 1. The molecule has 5 rings (SSSR count). The van der Waals surface area contributed by atoms with Gasteiger partial charge < -0.3 is 20.1 Å². The van der Waals surface area contributed by atoms with Crippen LogP contribution >= 0.6 is 0 Å². The second-order valence-electron chi connectivity index (χ2n) is 10.9. The lowest BCUT2D eigenvalue weighted by Gasteiger charge is -2.46. The maximum Gasteiger partial charge on any atom is 0.310 e. The quantitative estimate of drug-likeness (QED) is 0.531. The summed E-state index contributed by atoms with van der Waals surface area (Å²) in [5, 5.41) is 22.8. The molecule has 184 valence electrons. The van der Waals surface area contributed by atoms with Gasteiger partial charge in [0, 0.05) is 30.5 Å². The van der Waals surface area contributed by atoms with E-state index < -0.39 is 11.4 Å². The molecule has 6 nitrogen and oxygen atoms in total. The maximum absolute atomic E-state index is 11.9. The van der Waals surface area contributed by atoms with E-state index in [1.165, 1.54) is 12.0 Å². The number of nitrogens with zero attached hydrogens (tertiary/aromatic N) is 2. The molecule has 1 saturated heterocycles. The van der Waals surface area contributed by atoms with E-state index in [-0.39, 0.29) is 5.41 Å². The zero-order valence-electron chi connectivity index (χ0n) is 20.3. The van der Waals surface area contributed by atoms with Crippen LogP contribution < -0.4 is 10.1 Å². The number of benzene rings is 2. The molecule has 35 heavy (non-hydrogen) atoms. The minimum Gasteiger partial charge on any atom is -0.493 e. The van der Waals surface area contributed by atoms with Crippen LogP contribution in [0.1, 0.15) is 55.6 Å². The Morgan fingerprint density at radius 3 is 2.54 bits per heavy atom. The van der Waals surface area contributed by atoms with Gasteiger partial charge in [0.2, 0.25) is 0 Å². The summed E-state index contributed by atoms with van der Waals surface area (Å²) in [6.07, 6.45) is 5.72. The Bertz CT molecular complexity index is 1070. The molecule has 3 fully saturated rings. The fraction of sp³-hybridized carbons (Fsp3) is 0.517. The van der Waals surface area contributed by atoms with Crippen molar-refractivity contribution in [2.75, 3.05) is 32.8 Å². The number of piperidine rings is 1. The van der Waals surface area contributed by atoms with E-state index in [0.29, 0.717) is 30.7 Å². The Morgan fingerprint density at radius 1 is 1.11 bits per heavy atom. The van der Waals surface area contributed by atoms with Crippen molar-refractivity contribution in [2.45, 2.75) is 50.5 Å². The van der Waals surface area contributed by atoms with Gasteiger partial charge in [-0.3, -0.25) is 4.79 Å². The zero-order valence-corrected chi connectivity index (χ0v) is 20.3. The predicted molar refractivity (Wildman–Crippen MR) is 134 cm³/mol. The van der Waals surface area contributed by atoms with Crippen LogP contribution in [-0.2, 0) is 4.79 Å². The summed E-state index contributed by atoms with van der Waals surface area (Å²) in [6, 6.07) is 20.8. The maximum atomic E-state index is 11.9. The largest absolute Gasteiger partial charge is 0.493 e. The molecule has 2 saturated carbocycles. The summed E-state index contributed by atoms with van der Waals surface area (Å²) in [6.45, 7) is 3.93. The van der Waals surface area contributed by atoms with Crippen molar-refractivity contribution in [3.63, 3.8) is 0 Å². The SMILES string of the molecule is N#Cc1cccc(OCC2(CN[C@@H]3CC3c3ccccc3)CCN(CC3(C(=O)O)CCC3)CC2)c1. The minimum absolute atomic E-state index is 0.0149. The Balaban J connectivity index is 1.22. The van der Waals surface area contributed by atoms with Crippen LogP contribution in [0.25, 0.3) is 0 Å². The van der Waals surface area contributed by atoms with Crippen LogP contribution in [-0.4, -0.2) is 54.8 Å². The zero-order chi connectivity index (χ0) is 24.3. The van der Waals surface area contributed by atoms with Crippen LogP contribution in [0.15, 0.2) is 54.6 Å². The molecule has 2 N–H and O–H groups in total. The number of carboxylic acids is 1. The van der Waals surface area contributed by atoms with Crippen molar-refractivity contribution in [3.8, 4) is 11.8 Å². The van der Waals surface area contributed by atoms with Crippen molar-refractivity contribution in [1.29, 1.82) is 5.26 Å². The van der Waals surface area contributed by atoms with Gasteiger partial charge in [-0.2, -0.15) is 5.26 Å². The van der Waals surface area contributed by atoms with E-state index in [1.807, 2.05) is 12.1 Å². The topological polar surface area (TPSA) is 85.6 Å². The summed E-state index contributed by atoms with van der Waals surface area (Å²) >= 11 is 0. The summed E-state index contributed by atoms with van der Waals surface area (Å²) in [5.41, 5.74) is 1.45. The summed E-state index contributed by atoms with van der Waals surface area (Å²) in [5.74, 6) is 0.679. The van der Waals surface area contributed by atoms with Gasteiger partial charge in [0.1, 0.15) is 5.75 Å². The number of aliphatic carboxylic acids is 1. The molecule has 6 heteroatoms. The molecule has 2 aromatic rings. The minimum atomic E-state index is -0.636. The summed E-state index contributed by atoms with van der Waals surface area (Å²) < 4.78 is 6.26. The standard InChI is InChI=1S/C29H35N3O3/c30-18-22-6-4-9-24(16-22)35-21-28(19-31-26-17-25(26)23-7-2-1-3-8-23)12-14-32(15-13-28)20-29(27(33)34)10-5-11-29/h1-4,6-9,16,25-26,31H,5,10-15,17,19-21H2,(H,33,34)/t25?,26-/m1/s1. The Labute approximate surface area is 207 Å². The molecule has 2 atom stereocenters. The second-order valence-corrected chi connectivity index (χ2v) is 10.9. The fourth-order valence-corrected chi connectivity index (χ4v) is 5.76. The molecular weight excluding hydrogens is 438 g/mol. The molecule has 0 aromatic heterocycles.